The minimum absolute atomic E-state index is 0.258. The van der Waals surface area contributed by atoms with Crippen LogP contribution in [-0.2, 0) is 4.79 Å². The van der Waals surface area contributed by atoms with Gasteiger partial charge in [-0.25, -0.2) is 0 Å². The molecule has 1 aromatic rings. The maximum Gasteiger partial charge on any atom is 0.222 e. The Balaban J connectivity index is 1.80. The molecule has 0 bridgehead atoms. The summed E-state index contributed by atoms with van der Waals surface area (Å²) in [6, 6.07) is 7.94. The van der Waals surface area contributed by atoms with Gasteiger partial charge in [-0.1, -0.05) is 18.2 Å². The quantitative estimate of drug-likeness (QED) is 0.775. The summed E-state index contributed by atoms with van der Waals surface area (Å²) in [5.74, 6) is 1.17. The van der Waals surface area contributed by atoms with Crippen LogP contribution in [0.4, 0.5) is 0 Å². The first kappa shape index (κ1) is 11.0. The standard InChI is InChI=1S/C13H17NO2/c1-11-5-2-3-6-12(11)16-10-9-14-8-4-7-13(14)15/h2-3,5-6H,4,7-10H2,1H3. The van der Waals surface area contributed by atoms with Crippen molar-refractivity contribution in [1.82, 2.24) is 4.90 Å². The van der Waals surface area contributed by atoms with E-state index in [-0.39, 0.29) is 5.91 Å². The van der Waals surface area contributed by atoms with Crippen LogP contribution in [0.1, 0.15) is 18.4 Å². The molecule has 1 amide bonds. The van der Waals surface area contributed by atoms with E-state index in [1.54, 1.807) is 0 Å². The first-order valence-electron chi connectivity index (χ1n) is 5.73. The zero-order chi connectivity index (χ0) is 11.4. The van der Waals surface area contributed by atoms with E-state index in [2.05, 4.69) is 0 Å². The van der Waals surface area contributed by atoms with E-state index in [4.69, 9.17) is 4.74 Å². The van der Waals surface area contributed by atoms with Crippen molar-refractivity contribution in [3.63, 3.8) is 0 Å². The Morgan fingerprint density at radius 3 is 2.88 bits per heavy atom. The van der Waals surface area contributed by atoms with Crippen LogP contribution >= 0.6 is 0 Å². The monoisotopic (exact) mass is 219 g/mol. The maximum atomic E-state index is 11.4. The Labute approximate surface area is 96.0 Å². The molecule has 0 N–H and O–H groups in total. The van der Waals surface area contributed by atoms with Crippen molar-refractivity contribution in [2.24, 2.45) is 0 Å². The lowest BCUT2D eigenvalue weighted by Crippen LogP contribution is -2.29. The van der Waals surface area contributed by atoms with Crippen molar-refractivity contribution in [3.8, 4) is 5.75 Å². The highest BCUT2D eigenvalue weighted by Crippen LogP contribution is 2.16. The van der Waals surface area contributed by atoms with Crippen LogP contribution in [0.2, 0.25) is 0 Å². The lowest BCUT2D eigenvalue weighted by molar-refractivity contribution is -0.128. The normalized spacial score (nSPS) is 15.6. The number of amides is 1. The first-order valence-corrected chi connectivity index (χ1v) is 5.73. The summed E-state index contributed by atoms with van der Waals surface area (Å²) in [4.78, 5) is 13.2. The average Bonchev–Trinajstić information content (AvgIpc) is 2.67. The van der Waals surface area contributed by atoms with Crippen molar-refractivity contribution in [1.29, 1.82) is 0 Å². The highest BCUT2D eigenvalue weighted by Gasteiger charge is 2.19. The molecule has 1 heterocycles. The Bertz CT molecular complexity index is 376. The van der Waals surface area contributed by atoms with Gasteiger partial charge >= 0.3 is 0 Å². The third-order valence-corrected chi connectivity index (χ3v) is 2.88. The lowest BCUT2D eigenvalue weighted by Gasteiger charge is -2.16. The van der Waals surface area contributed by atoms with Crippen LogP contribution in [0, 0.1) is 6.92 Å². The summed E-state index contributed by atoms with van der Waals surface area (Å²) in [6.45, 7) is 4.19. The highest BCUT2D eigenvalue weighted by molar-refractivity contribution is 5.78. The van der Waals surface area contributed by atoms with Crippen LogP contribution in [-0.4, -0.2) is 30.5 Å². The molecule has 0 unspecified atom stereocenters. The smallest absolute Gasteiger partial charge is 0.222 e. The van der Waals surface area contributed by atoms with Gasteiger partial charge in [-0.15, -0.1) is 0 Å². The molecular formula is C13H17NO2. The number of hydrogen-bond donors (Lipinski definition) is 0. The molecule has 3 nitrogen and oxygen atoms in total. The molecule has 0 atom stereocenters. The van der Waals surface area contributed by atoms with E-state index < -0.39 is 0 Å². The molecule has 1 aromatic carbocycles. The third kappa shape index (κ3) is 2.54. The zero-order valence-corrected chi connectivity index (χ0v) is 9.61. The molecule has 16 heavy (non-hydrogen) atoms. The molecule has 1 aliphatic rings. The minimum atomic E-state index is 0.258. The van der Waals surface area contributed by atoms with Crippen molar-refractivity contribution < 1.29 is 9.53 Å². The second-order valence-corrected chi connectivity index (χ2v) is 4.10. The Kier molecular flexibility index (Phi) is 3.44. The number of para-hydroxylation sites is 1. The van der Waals surface area contributed by atoms with Gasteiger partial charge in [0, 0.05) is 13.0 Å². The van der Waals surface area contributed by atoms with Crippen LogP contribution in [0.25, 0.3) is 0 Å². The van der Waals surface area contributed by atoms with E-state index in [1.807, 2.05) is 36.1 Å². The number of carbonyl (C=O) groups excluding carboxylic acids is 1. The van der Waals surface area contributed by atoms with Gasteiger partial charge in [-0.05, 0) is 25.0 Å². The van der Waals surface area contributed by atoms with Gasteiger partial charge in [0.15, 0.2) is 0 Å². The summed E-state index contributed by atoms with van der Waals surface area (Å²) < 4.78 is 5.65. The van der Waals surface area contributed by atoms with Gasteiger partial charge in [-0.3, -0.25) is 4.79 Å². The SMILES string of the molecule is Cc1ccccc1OCCN1CCCC1=O. The highest BCUT2D eigenvalue weighted by atomic mass is 16.5. The molecule has 86 valence electrons. The fourth-order valence-electron chi connectivity index (χ4n) is 1.92. The number of likely N-dealkylation sites (tertiary alicyclic amines) is 1. The van der Waals surface area contributed by atoms with Crippen LogP contribution < -0.4 is 4.74 Å². The van der Waals surface area contributed by atoms with Gasteiger partial charge in [0.05, 0.1) is 6.54 Å². The number of rotatable bonds is 4. The van der Waals surface area contributed by atoms with Gasteiger partial charge < -0.3 is 9.64 Å². The first-order chi connectivity index (χ1) is 7.77. The Hall–Kier alpha value is -1.51. The molecule has 0 aliphatic carbocycles. The van der Waals surface area contributed by atoms with E-state index >= 15 is 0 Å². The number of ether oxygens (including phenoxy) is 1. The summed E-state index contributed by atoms with van der Waals surface area (Å²) in [5, 5.41) is 0. The van der Waals surface area contributed by atoms with Crippen LogP contribution in [0.5, 0.6) is 5.75 Å². The number of hydrogen-bond acceptors (Lipinski definition) is 2. The zero-order valence-electron chi connectivity index (χ0n) is 9.61. The topological polar surface area (TPSA) is 29.5 Å². The van der Waals surface area contributed by atoms with E-state index in [1.165, 1.54) is 0 Å². The minimum Gasteiger partial charge on any atom is -0.491 e. The van der Waals surface area contributed by atoms with Gasteiger partial charge in [0.1, 0.15) is 12.4 Å². The van der Waals surface area contributed by atoms with Crippen molar-refractivity contribution in [2.45, 2.75) is 19.8 Å². The van der Waals surface area contributed by atoms with Gasteiger partial charge in [0.25, 0.3) is 0 Å². The lowest BCUT2D eigenvalue weighted by atomic mass is 10.2. The van der Waals surface area contributed by atoms with E-state index in [9.17, 15) is 4.79 Å². The molecule has 0 aromatic heterocycles. The summed E-state index contributed by atoms with van der Waals surface area (Å²) in [5.41, 5.74) is 1.13. The fraction of sp³-hybridized carbons (Fsp3) is 0.462. The summed E-state index contributed by atoms with van der Waals surface area (Å²) in [7, 11) is 0. The second-order valence-electron chi connectivity index (χ2n) is 4.10. The number of carbonyl (C=O) groups is 1. The Morgan fingerprint density at radius 1 is 1.38 bits per heavy atom. The molecule has 0 radical (unpaired) electrons. The number of nitrogens with zero attached hydrogens (tertiary/aromatic N) is 1. The predicted octanol–water partition coefficient (Wildman–Crippen LogP) is 2.00. The number of aryl methyl sites for hydroxylation is 1. The molecule has 0 spiro atoms. The third-order valence-electron chi connectivity index (χ3n) is 2.88. The van der Waals surface area contributed by atoms with Gasteiger partial charge in [-0.2, -0.15) is 0 Å². The predicted molar refractivity (Wildman–Crippen MR) is 62.5 cm³/mol. The average molecular weight is 219 g/mol. The van der Waals surface area contributed by atoms with Crippen molar-refractivity contribution >= 4 is 5.91 Å². The largest absolute Gasteiger partial charge is 0.491 e. The van der Waals surface area contributed by atoms with Crippen LogP contribution in [0.3, 0.4) is 0 Å². The molecule has 3 heteroatoms. The Morgan fingerprint density at radius 2 is 2.19 bits per heavy atom. The molecular weight excluding hydrogens is 202 g/mol. The molecule has 2 rings (SSSR count). The summed E-state index contributed by atoms with van der Waals surface area (Å²) in [6.07, 6.45) is 1.69. The van der Waals surface area contributed by atoms with Crippen molar-refractivity contribution in [3.05, 3.63) is 29.8 Å². The molecule has 1 saturated heterocycles. The van der Waals surface area contributed by atoms with E-state index in [0.717, 1.165) is 24.3 Å². The van der Waals surface area contributed by atoms with Crippen molar-refractivity contribution in [2.75, 3.05) is 19.7 Å². The fourth-order valence-corrected chi connectivity index (χ4v) is 1.92. The number of benzene rings is 1. The summed E-state index contributed by atoms with van der Waals surface area (Å²) >= 11 is 0. The molecule has 1 fully saturated rings. The van der Waals surface area contributed by atoms with E-state index in [0.29, 0.717) is 19.6 Å². The second kappa shape index (κ2) is 5.01. The van der Waals surface area contributed by atoms with Gasteiger partial charge in [0.2, 0.25) is 5.91 Å². The maximum absolute atomic E-state index is 11.4. The molecule has 1 aliphatic heterocycles. The van der Waals surface area contributed by atoms with Crippen LogP contribution in [0.15, 0.2) is 24.3 Å². The molecule has 0 saturated carbocycles.